The van der Waals surface area contributed by atoms with E-state index in [-0.39, 0.29) is 29.2 Å². The van der Waals surface area contributed by atoms with Gasteiger partial charge in [0.25, 0.3) is 11.7 Å². The molecule has 1 saturated heterocycles. The van der Waals surface area contributed by atoms with Crippen molar-refractivity contribution in [3.63, 3.8) is 0 Å². The summed E-state index contributed by atoms with van der Waals surface area (Å²) in [4.78, 5) is 31.6. The van der Waals surface area contributed by atoms with Gasteiger partial charge < -0.3 is 19.8 Å². The number of pyridine rings is 1. The number of ketones is 1. The van der Waals surface area contributed by atoms with Gasteiger partial charge in [0.2, 0.25) is 0 Å². The lowest BCUT2D eigenvalue weighted by atomic mass is 9.95. The average molecular weight is 451 g/mol. The van der Waals surface area contributed by atoms with Crippen LogP contribution < -0.4 is 4.74 Å². The summed E-state index contributed by atoms with van der Waals surface area (Å²) in [5.74, 6) is -1.69. The number of likely N-dealkylation sites (tertiary alicyclic amines) is 1. The molecule has 0 saturated carbocycles. The van der Waals surface area contributed by atoms with E-state index in [2.05, 4.69) is 4.98 Å². The van der Waals surface area contributed by atoms with Gasteiger partial charge in [-0.15, -0.1) is 0 Å². The van der Waals surface area contributed by atoms with Crippen LogP contribution in [0.4, 0.5) is 0 Å². The fourth-order valence-electron chi connectivity index (χ4n) is 3.71. The van der Waals surface area contributed by atoms with Gasteiger partial charge in [0.1, 0.15) is 17.3 Å². The maximum atomic E-state index is 13.1. The first-order valence-electron chi connectivity index (χ1n) is 9.72. The largest absolute Gasteiger partial charge is 0.508 e. The van der Waals surface area contributed by atoms with Crippen molar-refractivity contribution in [2.75, 3.05) is 7.11 Å². The zero-order chi connectivity index (χ0) is 22.8. The number of aromatic hydroxyl groups is 1. The molecule has 2 N–H and O–H groups in total. The third kappa shape index (κ3) is 3.90. The van der Waals surface area contributed by atoms with E-state index < -0.39 is 17.7 Å². The molecular weight excluding hydrogens is 432 g/mol. The number of amides is 1. The lowest BCUT2D eigenvalue weighted by molar-refractivity contribution is -0.140. The van der Waals surface area contributed by atoms with Crippen molar-refractivity contribution < 1.29 is 24.5 Å². The van der Waals surface area contributed by atoms with Gasteiger partial charge >= 0.3 is 0 Å². The topological polar surface area (TPSA) is 100.0 Å². The molecule has 1 unspecified atom stereocenters. The van der Waals surface area contributed by atoms with Crippen molar-refractivity contribution in [2.24, 2.45) is 0 Å². The molecule has 0 radical (unpaired) electrons. The van der Waals surface area contributed by atoms with E-state index in [9.17, 15) is 19.8 Å². The van der Waals surface area contributed by atoms with Crippen LogP contribution in [0.15, 0.2) is 72.4 Å². The smallest absolute Gasteiger partial charge is 0.296 e. The van der Waals surface area contributed by atoms with E-state index in [0.29, 0.717) is 22.0 Å². The Morgan fingerprint density at radius 2 is 1.94 bits per heavy atom. The molecule has 2 heterocycles. The maximum Gasteiger partial charge on any atom is 0.296 e. The van der Waals surface area contributed by atoms with Gasteiger partial charge in [-0.2, -0.15) is 0 Å². The van der Waals surface area contributed by atoms with E-state index in [1.165, 1.54) is 42.3 Å². The zero-order valence-corrected chi connectivity index (χ0v) is 17.8. The normalized spacial score (nSPS) is 17.6. The molecule has 0 aliphatic carbocycles. The molecule has 1 aromatic heterocycles. The molecule has 162 valence electrons. The molecule has 8 heteroatoms. The van der Waals surface area contributed by atoms with Gasteiger partial charge in [-0.1, -0.05) is 29.8 Å². The third-order valence-electron chi connectivity index (χ3n) is 5.21. The lowest BCUT2D eigenvalue weighted by Gasteiger charge is -2.25. The number of carbonyl (C=O) groups is 2. The summed E-state index contributed by atoms with van der Waals surface area (Å²) >= 11 is 6.08. The number of Topliss-reactive ketones (excluding diaryl/α,β-unsaturated/α-hetero) is 1. The summed E-state index contributed by atoms with van der Waals surface area (Å²) in [6.45, 7) is 0.0481. The first kappa shape index (κ1) is 21.4. The molecular formula is C24H19ClN2O5. The van der Waals surface area contributed by atoms with Crippen LogP contribution in [0.2, 0.25) is 5.02 Å². The Labute approximate surface area is 189 Å². The van der Waals surface area contributed by atoms with Crippen molar-refractivity contribution in [3.8, 4) is 11.5 Å². The Morgan fingerprint density at radius 3 is 2.62 bits per heavy atom. The van der Waals surface area contributed by atoms with Crippen molar-refractivity contribution in [2.45, 2.75) is 12.6 Å². The second-order valence-electron chi connectivity index (χ2n) is 7.19. The van der Waals surface area contributed by atoms with Gasteiger partial charge in [-0.3, -0.25) is 14.6 Å². The number of phenolic OH excluding ortho intramolecular Hbond substituents is 1. The predicted molar refractivity (Wildman–Crippen MR) is 118 cm³/mol. The monoisotopic (exact) mass is 450 g/mol. The van der Waals surface area contributed by atoms with Crippen LogP contribution in [0.5, 0.6) is 11.5 Å². The number of hydrogen-bond acceptors (Lipinski definition) is 6. The Kier molecular flexibility index (Phi) is 5.83. The number of ether oxygens (including phenoxy) is 1. The van der Waals surface area contributed by atoms with Crippen LogP contribution in [-0.2, 0) is 16.1 Å². The minimum absolute atomic E-state index is 0.0286. The van der Waals surface area contributed by atoms with Gasteiger partial charge in [-0.25, -0.2) is 0 Å². The van der Waals surface area contributed by atoms with Gasteiger partial charge in [-0.05, 0) is 48.0 Å². The van der Waals surface area contributed by atoms with Crippen molar-refractivity contribution in [3.05, 3.63) is 94.3 Å². The first-order valence-corrected chi connectivity index (χ1v) is 10.1. The Balaban J connectivity index is 1.88. The fraction of sp³-hybridized carbons (Fsp3) is 0.125. The van der Waals surface area contributed by atoms with Crippen molar-refractivity contribution in [1.82, 2.24) is 9.88 Å². The summed E-state index contributed by atoms with van der Waals surface area (Å²) in [6, 6.07) is 15.1. The van der Waals surface area contributed by atoms with Gasteiger partial charge in [0.05, 0.1) is 36.0 Å². The number of aliphatic hydroxyl groups is 1. The van der Waals surface area contributed by atoms with Gasteiger partial charge in [0.15, 0.2) is 0 Å². The molecule has 1 aliphatic rings. The van der Waals surface area contributed by atoms with Crippen LogP contribution >= 0.6 is 11.6 Å². The first-order chi connectivity index (χ1) is 15.4. The summed E-state index contributed by atoms with van der Waals surface area (Å²) < 4.78 is 5.20. The maximum absolute atomic E-state index is 13.1. The highest BCUT2D eigenvalue weighted by Crippen LogP contribution is 2.41. The molecule has 1 amide bonds. The minimum Gasteiger partial charge on any atom is -0.508 e. The molecule has 1 aliphatic heterocycles. The second kappa shape index (κ2) is 8.72. The third-order valence-corrected chi connectivity index (χ3v) is 5.52. The number of aliphatic hydroxyl groups excluding tert-OH is 1. The zero-order valence-electron chi connectivity index (χ0n) is 17.0. The molecule has 0 spiro atoms. The van der Waals surface area contributed by atoms with Crippen LogP contribution in [0.3, 0.4) is 0 Å². The number of hydrogen-bond donors (Lipinski definition) is 2. The van der Waals surface area contributed by atoms with Crippen molar-refractivity contribution in [1.29, 1.82) is 0 Å². The number of carbonyl (C=O) groups excluding carboxylic acids is 2. The molecule has 3 aromatic rings. The molecule has 7 nitrogen and oxygen atoms in total. The highest BCUT2D eigenvalue weighted by Gasteiger charge is 2.46. The van der Waals surface area contributed by atoms with Crippen LogP contribution in [0, 0.1) is 0 Å². The average Bonchev–Trinajstić information content (AvgIpc) is 3.04. The number of halogens is 1. The molecule has 2 aromatic carbocycles. The Morgan fingerprint density at radius 1 is 1.12 bits per heavy atom. The van der Waals surface area contributed by atoms with E-state index >= 15 is 0 Å². The standard InChI is InChI=1S/C24H19ClN2O5/c1-32-19-12-15(8-9-18(19)25)22(29)20-21(14-5-4-7-17(28)11-14)27(24(31)23(20)30)13-16-6-2-3-10-26-16/h2-12,21,28-29H,13H2,1H3/b22-20-. The van der Waals surface area contributed by atoms with E-state index in [1.807, 2.05) is 0 Å². The number of aromatic nitrogens is 1. The fourth-order valence-corrected chi connectivity index (χ4v) is 3.91. The Hall–Kier alpha value is -3.84. The van der Waals surface area contributed by atoms with Crippen LogP contribution in [0.1, 0.15) is 22.9 Å². The number of phenols is 1. The summed E-state index contributed by atoms with van der Waals surface area (Å²) in [5.41, 5.74) is 1.23. The second-order valence-corrected chi connectivity index (χ2v) is 7.60. The minimum atomic E-state index is -0.925. The summed E-state index contributed by atoms with van der Waals surface area (Å²) in [5, 5.41) is 21.5. The van der Waals surface area contributed by atoms with Crippen LogP contribution in [-0.4, -0.2) is 38.9 Å². The predicted octanol–water partition coefficient (Wildman–Crippen LogP) is 4.07. The number of rotatable bonds is 5. The van der Waals surface area contributed by atoms with Crippen LogP contribution in [0.25, 0.3) is 5.76 Å². The molecule has 4 rings (SSSR count). The molecule has 32 heavy (non-hydrogen) atoms. The molecule has 1 fully saturated rings. The van der Waals surface area contributed by atoms with E-state index in [0.717, 1.165) is 0 Å². The summed E-state index contributed by atoms with van der Waals surface area (Å²) in [6.07, 6.45) is 1.59. The highest BCUT2D eigenvalue weighted by atomic mass is 35.5. The number of methoxy groups -OCH3 is 1. The number of nitrogens with zero attached hydrogens (tertiary/aromatic N) is 2. The molecule has 0 bridgehead atoms. The van der Waals surface area contributed by atoms with Gasteiger partial charge in [0, 0.05) is 11.8 Å². The SMILES string of the molecule is COc1cc(/C(O)=C2/C(=O)C(=O)N(Cc3ccccn3)C2c2cccc(O)c2)ccc1Cl. The summed E-state index contributed by atoms with van der Waals surface area (Å²) in [7, 11) is 1.43. The van der Waals surface area contributed by atoms with E-state index in [1.54, 1.807) is 36.5 Å². The molecule has 1 atom stereocenters. The highest BCUT2D eigenvalue weighted by molar-refractivity contribution is 6.46. The Bertz CT molecular complexity index is 1230. The number of benzene rings is 2. The lowest BCUT2D eigenvalue weighted by Crippen LogP contribution is -2.29. The quantitative estimate of drug-likeness (QED) is 0.345. The van der Waals surface area contributed by atoms with Crippen molar-refractivity contribution >= 4 is 29.1 Å². The van der Waals surface area contributed by atoms with E-state index in [4.69, 9.17) is 16.3 Å².